The lowest BCUT2D eigenvalue weighted by Gasteiger charge is -2.05. The van der Waals surface area contributed by atoms with Gasteiger partial charge in [0.1, 0.15) is 10.6 Å². The fourth-order valence-electron chi connectivity index (χ4n) is 2.41. The van der Waals surface area contributed by atoms with Crippen molar-refractivity contribution in [2.75, 3.05) is 12.0 Å². The van der Waals surface area contributed by atoms with Crippen LogP contribution in [0.1, 0.15) is 26.5 Å². The molecule has 0 bridgehead atoms. The normalized spacial score (nSPS) is 10.9. The van der Waals surface area contributed by atoms with Gasteiger partial charge in [-0.1, -0.05) is 6.07 Å². The van der Waals surface area contributed by atoms with Gasteiger partial charge in [-0.15, -0.1) is 11.3 Å². The number of hydrogen-bond donors (Lipinski definition) is 3. The number of aromatic nitrogens is 2. The molecule has 0 fully saturated rings. The summed E-state index contributed by atoms with van der Waals surface area (Å²) >= 11 is 1.32. The highest BCUT2D eigenvalue weighted by atomic mass is 32.1. The molecule has 3 rings (SSSR count). The van der Waals surface area contributed by atoms with Crippen LogP contribution in [0.4, 0.5) is 5.95 Å². The molecule has 0 spiro atoms. The standard InChI is InChI=1S/C19H18N4O4S/c1-12-15(8-9-24)17(25)22-19(21-12)23-20-11-13-4-6-14(7-5-13)27-18(26)16-3-2-10-28-16/h2-7,10-11,24H,8-9H2,1H3,(H2,21,22,23,25)/b20-11-. The molecule has 8 nitrogen and oxygen atoms in total. The summed E-state index contributed by atoms with van der Waals surface area (Å²) in [5, 5.41) is 14.8. The second kappa shape index (κ2) is 9.07. The quantitative estimate of drug-likeness (QED) is 0.243. The van der Waals surface area contributed by atoms with Crippen LogP contribution >= 0.6 is 11.3 Å². The number of H-pyrrole nitrogens is 1. The average molecular weight is 398 g/mol. The van der Waals surface area contributed by atoms with E-state index in [1.54, 1.807) is 49.5 Å². The van der Waals surface area contributed by atoms with Crippen molar-refractivity contribution in [3.63, 3.8) is 0 Å². The third-order valence-electron chi connectivity index (χ3n) is 3.78. The van der Waals surface area contributed by atoms with Crippen molar-refractivity contribution in [2.45, 2.75) is 13.3 Å². The summed E-state index contributed by atoms with van der Waals surface area (Å²) in [6.45, 7) is 1.58. The number of hydrazone groups is 1. The van der Waals surface area contributed by atoms with Gasteiger partial charge in [0.2, 0.25) is 5.95 Å². The number of carbonyl (C=O) groups excluding carboxylic acids is 1. The number of aliphatic hydroxyl groups excluding tert-OH is 1. The molecule has 9 heteroatoms. The van der Waals surface area contributed by atoms with Crippen molar-refractivity contribution in [1.29, 1.82) is 0 Å². The summed E-state index contributed by atoms with van der Waals surface area (Å²) in [6.07, 6.45) is 1.79. The number of thiophene rings is 1. The Morgan fingerprint density at radius 2 is 2.14 bits per heavy atom. The molecule has 3 aromatic rings. The summed E-state index contributed by atoms with van der Waals surface area (Å²) in [7, 11) is 0. The Morgan fingerprint density at radius 3 is 2.79 bits per heavy atom. The van der Waals surface area contributed by atoms with Crippen LogP contribution in [0.5, 0.6) is 5.75 Å². The molecule has 2 aromatic heterocycles. The largest absolute Gasteiger partial charge is 0.422 e. The van der Waals surface area contributed by atoms with E-state index in [1.807, 2.05) is 5.38 Å². The van der Waals surface area contributed by atoms with Gasteiger partial charge in [-0.25, -0.2) is 15.2 Å². The highest BCUT2D eigenvalue weighted by molar-refractivity contribution is 7.12. The van der Waals surface area contributed by atoms with E-state index in [0.29, 0.717) is 21.9 Å². The van der Waals surface area contributed by atoms with Crippen molar-refractivity contribution in [3.8, 4) is 5.75 Å². The molecule has 0 aliphatic carbocycles. The first-order valence-corrected chi connectivity index (χ1v) is 9.30. The molecular formula is C19H18N4O4S. The van der Waals surface area contributed by atoms with E-state index >= 15 is 0 Å². The number of benzene rings is 1. The first-order valence-electron chi connectivity index (χ1n) is 8.42. The Morgan fingerprint density at radius 1 is 1.36 bits per heavy atom. The molecule has 28 heavy (non-hydrogen) atoms. The van der Waals surface area contributed by atoms with Gasteiger partial charge >= 0.3 is 5.97 Å². The number of carbonyl (C=O) groups is 1. The maximum absolute atomic E-state index is 12.0. The molecule has 1 aromatic carbocycles. The number of nitrogens with zero attached hydrogens (tertiary/aromatic N) is 2. The van der Waals surface area contributed by atoms with Gasteiger partial charge in [-0.2, -0.15) is 5.10 Å². The maximum Gasteiger partial charge on any atom is 0.353 e. The number of esters is 1. The minimum absolute atomic E-state index is 0.116. The monoisotopic (exact) mass is 398 g/mol. The number of aromatic amines is 1. The van der Waals surface area contributed by atoms with Crippen LogP contribution in [0, 0.1) is 6.92 Å². The molecule has 0 aliphatic rings. The van der Waals surface area contributed by atoms with E-state index in [1.165, 1.54) is 11.3 Å². The van der Waals surface area contributed by atoms with Crippen LogP contribution in [0.15, 0.2) is 51.7 Å². The van der Waals surface area contributed by atoms with Crippen molar-refractivity contribution in [2.24, 2.45) is 5.10 Å². The third kappa shape index (κ3) is 4.90. The van der Waals surface area contributed by atoms with Crippen LogP contribution in [-0.4, -0.2) is 33.9 Å². The summed E-state index contributed by atoms with van der Waals surface area (Å²) in [5.74, 6) is 0.250. The summed E-state index contributed by atoms with van der Waals surface area (Å²) in [5.41, 5.74) is 4.10. The van der Waals surface area contributed by atoms with Crippen molar-refractivity contribution in [3.05, 3.63) is 73.8 Å². The molecular weight excluding hydrogens is 380 g/mol. The number of nitrogens with one attached hydrogen (secondary N) is 2. The SMILES string of the molecule is Cc1nc(N/N=C\c2ccc(OC(=O)c3cccs3)cc2)[nH]c(=O)c1CCO. The van der Waals surface area contributed by atoms with Gasteiger partial charge in [0, 0.05) is 18.6 Å². The van der Waals surface area contributed by atoms with E-state index in [9.17, 15) is 9.59 Å². The van der Waals surface area contributed by atoms with Gasteiger partial charge in [0.25, 0.3) is 5.56 Å². The summed E-state index contributed by atoms with van der Waals surface area (Å²) in [4.78, 5) is 31.2. The van der Waals surface area contributed by atoms with Crippen molar-refractivity contribution in [1.82, 2.24) is 9.97 Å². The van der Waals surface area contributed by atoms with Gasteiger partial charge in [-0.05, 0) is 48.2 Å². The zero-order valence-electron chi connectivity index (χ0n) is 15.0. The second-order valence-corrected chi connectivity index (χ2v) is 6.71. The number of aryl methyl sites for hydroxylation is 1. The molecule has 144 valence electrons. The van der Waals surface area contributed by atoms with Gasteiger partial charge in [0.15, 0.2) is 0 Å². The van der Waals surface area contributed by atoms with Crippen LogP contribution in [0.3, 0.4) is 0 Å². The Labute approximate surface area is 164 Å². The fraction of sp³-hybridized carbons (Fsp3) is 0.158. The highest BCUT2D eigenvalue weighted by Gasteiger charge is 2.09. The number of aliphatic hydroxyl groups is 1. The van der Waals surface area contributed by atoms with Gasteiger partial charge in [-0.3, -0.25) is 9.78 Å². The average Bonchev–Trinajstić information content (AvgIpc) is 3.21. The number of anilines is 1. The molecule has 2 heterocycles. The molecule has 3 N–H and O–H groups in total. The lowest BCUT2D eigenvalue weighted by Crippen LogP contribution is -2.19. The summed E-state index contributed by atoms with van der Waals surface area (Å²) < 4.78 is 5.29. The van der Waals surface area contributed by atoms with E-state index in [0.717, 1.165) is 5.56 Å². The Balaban J connectivity index is 1.60. The number of hydrogen-bond acceptors (Lipinski definition) is 8. The smallest absolute Gasteiger partial charge is 0.353 e. The van der Waals surface area contributed by atoms with Crippen LogP contribution in [0.2, 0.25) is 0 Å². The zero-order chi connectivity index (χ0) is 19.9. The molecule has 0 unspecified atom stereocenters. The van der Waals surface area contributed by atoms with Crippen LogP contribution < -0.4 is 15.7 Å². The molecule has 0 radical (unpaired) electrons. The Bertz CT molecular complexity index is 1030. The molecule has 0 atom stereocenters. The topological polar surface area (TPSA) is 117 Å². The second-order valence-electron chi connectivity index (χ2n) is 5.76. The molecule has 0 amide bonds. The molecule has 0 saturated heterocycles. The Kier molecular flexibility index (Phi) is 6.30. The van der Waals surface area contributed by atoms with Gasteiger partial charge in [0.05, 0.1) is 11.9 Å². The number of rotatable bonds is 7. The minimum Gasteiger partial charge on any atom is -0.422 e. The highest BCUT2D eigenvalue weighted by Crippen LogP contribution is 2.16. The minimum atomic E-state index is -0.395. The van der Waals surface area contributed by atoms with E-state index in [2.05, 4.69) is 20.5 Å². The van der Waals surface area contributed by atoms with E-state index in [-0.39, 0.29) is 24.5 Å². The van der Waals surface area contributed by atoms with E-state index < -0.39 is 5.97 Å². The van der Waals surface area contributed by atoms with Crippen molar-refractivity contribution >= 4 is 29.5 Å². The predicted octanol–water partition coefficient (Wildman–Crippen LogP) is 2.34. The maximum atomic E-state index is 12.0. The lowest BCUT2D eigenvalue weighted by molar-refractivity contribution is 0.0740. The Hall–Kier alpha value is -3.30. The number of ether oxygens (including phenoxy) is 1. The lowest BCUT2D eigenvalue weighted by atomic mass is 10.2. The van der Waals surface area contributed by atoms with Crippen LogP contribution in [-0.2, 0) is 6.42 Å². The molecule has 0 saturated carbocycles. The fourth-order valence-corrected chi connectivity index (χ4v) is 3.01. The summed E-state index contributed by atoms with van der Waals surface area (Å²) in [6, 6.07) is 10.3. The first kappa shape index (κ1) is 19.5. The third-order valence-corrected chi connectivity index (χ3v) is 4.63. The van der Waals surface area contributed by atoms with E-state index in [4.69, 9.17) is 9.84 Å². The van der Waals surface area contributed by atoms with Crippen molar-refractivity contribution < 1.29 is 14.6 Å². The zero-order valence-corrected chi connectivity index (χ0v) is 15.8. The predicted molar refractivity (Wildman–Crippen MR) is 107 cm³/mol. The van der Waals surface area contributed by atoms with Crippen LogP contribution in [0.25, 0.3) is 0 Å². The first-order chi connectivity index (χ1) is 13.6. The van der Waals surface area contributed by atoms with Gasteiger partial charge < -0.3 is 9.84 Å². The molecule has 0 aliphatic heterocycles.